The van der Waals surface area contributed by atoms with E-state index < -0.39 is 0 Å². The fourth-order valence-corrected chi connectivity index (χ4v) is 6.50. The topological polar surface area (TPSA) is 79.9 Å². The summed E-state index contributed by atoms with van der Waals surface area (Å²) in [5.41, 5.74) is 5.95. The fraction of sp³-hybridized carbons (Fsp3) is 0.429. The Morgan fingerprint density at radius 2 is 1.66 bits per heavy atom. The van der Waals surface area contributed by atoms with Gasteiger partial charge in [0.25, 0.3) is 5.91 Å². The van der Waals surface area contributed by atoms with Crippen molar-refractivity contribution >= 4 is 35.0 Å². The third-order valence-electron chi connectivity index (χ3n) is 8.63. The summed E-state index contributed by atoms with van der Waals surface area (Å²) in [7, 11) is 0. The van der Waals surface area contributed by atoms with E-state index >= 15 is 0 Å². The van der Waals surface area contributed by atoms with E-state index in [0.29, 0.717) is 46.6 Å². The molecule has 1 saturated heterocycles. The first-order valence-electron chi connectivity index (χ1n) is 15.3. The lowest BCUT2D eigenvalue weighted by molar-refractivity contribution is -0.138. The van der Waals surface area contributed by atoms with E-state index in [9.17, 15) is 9.59 Å². The maximum Gasteiger partial charge on any atom is 0.251 e. The number of carbonyl (C=O) groups is 2. The fourth-order valence-electron chi connectivity index (χ4n) is 5.80. The highest BCUT2D eigenvalue weighted by Gasteiger charge is 2.40. The van der Waals surface area contributed by atoms with Gasteiger partial charge >= 0.3 is 0 Å². The van der Waals surface area contributed by atoms with Gasteiger partial charge in [0.2, 0.25) is 5.91 Å². The zero-order chi connectivity index (χ0) is 31.4. The quantitative estimate of drug-likeness (QED) is 0.232. The summed E-state index contributed by atoms with van der Waals surface area (Å²) >= 11 is 12.5. The molecule has 2 aliphatic rings. The number of aryl methyl sites for hydroxylation is 3. The van der Waals surface area contributed by atoms with Crippen LogP contribution in [0.15, 0.2) is 48.5 Å². The second kappa shape index (κ2) is 14.2. The van der Waals surface area contributed by atoms with E-state index in [0.717, 1.165) is 30.5 Å². The zero-order valence-corrected chi connectivity index (χ0v) is 27.4. The Morgan fingerprint density at radius 1 is 0.932 bits per heavy atom. The van der Waals surface area contributed by atoms with Crippen LogP contribution in [-0.4, -0.2) is 55.1 Å². The second-order valence-corrected chi connectivity index (χ2v) is 12.8. The molecular weight excluding hydrogens is 597 g/mol. The molecule has 0 bridgehead atoms. The molecule has 234 valence electrons. The number of piperidine rings is 1. The third kappa shape index (κ3) is 7.68. The van der Waals surface area contributed by atoms with Crippen molar-refractivity contribution in [2.45, 2.75) is 65.6 Å². The number of carbonyl (C=O) groups excluding carboxylic acids is 2. The number of rotatable bonds is 11. The number of hydrogen-bond donors (Lipinski definition) is 2. The lowest BCUT2D eigenvalue weighted by Gasteiger charge is -2.36. The minimum Gasteiger partial charge on any atom is -0.490 e. The van der Waals surface area contributed by atoms with Gasteiger partial charge in [-0.25, -0.2) is 0 Å². The van der Waals surface area contributed by atoms with E-state index in [-0.39, 0.29) is 43.0 Å². The summed E-state index contributed by atoms with van der Waals surface area (Å²) < 4.78 is 11.6. The second-order valence-electron chi connectivity index (χ2n) is 12.0. The molecule has 2 fully saturated rings. The van der Waals surface area contributed by atoms with E-state index in [2.05, 4.69) is 42.7 Å². The number of halogens is 2. The maximum atomic E-state index is 14.0. The summed E-state index contributed by atoms with van der Waals surface area (Å²) in [6, 6.07) is 15.3. The number of benzene rings is 3. The normalized spacial score (nSPS) is 18.0. The molecule has 1 saturated carbocycles. The predicted octanol–water partition coefficient (Wildman–Crippen LogP) is 6.58. The third-order valence-corrected chi connectivity index (χ3v) is 9.19. The standard InChI is InChI=1S/C35H41Cl2N3O4/c1-21-16-30(36)33(31(37)17-21)44-15-14-43-27-10-11-28(23(3)18-27)34(41)39-32-12-13-38-19-29(32)35(42)40(26-8-9-26)20-25-7-5-6-22(2)24(25)4/h5-7,10-11,16-18,26,29,32,38H,8-9,12-15,19-20H2,1-4H3,(H,39,41). The van der Waals surface area contributed by atoms with E-state index in [1.807, 2.05) is 24.8 Å². The van der Waals surface area contributed by atoms with E-state index in [1.165, 1.54) is 16.7 Å². The van der Waals surface area contributed by atoms with Crippen LogP contribution in [0.4, 0.5) is 0 Å². The Morgan fingerprint density at radius 3 is 2.36 bits per heavy atom. The number of hydrogen-bond acceptors (Lipinski definition) is 5. The van der Waals surface area contributed by atoms with Crippen LogP contribution in [0.25, 0.3) is 0 Å². The molecule has 2 N–H and O–H groups in total. The Balaban J connectivity index is 1.19. The molecule has 1 heterocycles. The molecule has 5 rings (SSSR count). The Labute approximate surface area is 270 Å². The molecular formula is C35H41Cl2N3O4. The predicted molar refractivity (Wildman–Crippen MR) is 175 cm³/mol. The number of ether oxygens (including phenoxy) is 2. The van der Waals surface area contributed by atoms with Crippen molar-refractivity contribution in [2.75, 3.05) is 26.3 Å². The van der Waals surface area contributed by atoms with Crippen LogP contribution in [-0.2, 0) is 11.3 Å². The van der Waals surface area contributed by atoms with Crippen LogP contribution < -0.4 is 20.1 Å². The van der Waals surface area contributed by atoms with Crippen LogP contribution in [0.2, 0.25) is 10.0 Å². The number of nitrogens with one attached hydrogen (secondary N) is 2. The van der Waals surface area contributed by atoms with Gasteiger partial charge in [0.1, 0.15) is 19.0 Å². The number of nitrogens with zero attached hydrogens (tertiary/aromatic N) is 1. The number of amides is 2. The molecule has 2 amide bonds. The SMILES string of the molecule is Cc1cc(Cl)c(OCCOc2ccc(C(=O)NC3CCNCC3C(=O)N(Cc3cccc(C)c3C)C3CC3)c(C)c2)c(Cl)c1. The van der Waals surface area contributed by atoms with Crippen LogP contribution in [0.5, 0.6) is 11.5 Å². The van der Waals surface area contributed by atoms with Crippen molar-refractivity contribution in [2.24, 2.45) is 5.92 Å². The molecule has 3 aromatic carbocycles. The molecule has 0 radical (unpaired) electrons. The molecule has 1 aliphatic carbocycles. The van der Waals surface area contributed by atoms with Gasteiger partial charge in [-0.05, 0) is 112 Å². The first-order valence-corrected chi connectivity index (χ1v) is 16.1. The van der Waals surface area contributed by atoms with Crippen LogP contribution in [0, 0.1) is 33.6 Å². The highest BCUT2D eigenvalue weighted by atomic mass is 35.5. The van der Waals surface area contributed by atoms with Gasteiger partial charge in [-0.15, -0.1) is 0 Å². The molecule has 0 spiro atoms. The molecule has 7 nitrogen and oxygen atoms in total. The maximum absolute atomic E-state index is 14.0. The lowest BCUT2D eigenvalue weighted by Crippen LogP contribution is -2.55. The zero-order valence-electron chi connectivity index (χ0n) is 25.8. The van der Waals surface area contributed by atoms with Crippen LogP contribution in [0.3, 0.4) is 0 Å². The van der Waals surface area contributed by atoms with E-state index in [4.69, 9.17) is 32.7 Å². The van der Waals surface area contributed by atoms with Gasteiger partial charge in [-0.1, -0.05) is 41.4 Å². The van der Waals surface area contributed by atoms with Crippen molar-refractivity contribution in [3.05, 3.63) is 92.0 Å². The summed E-state index contributed by atoms with van der Waals surface area (Å²) in [4.78, 5) is 29.5. The summed E-state index contributed by atoms with van der Waals surface area (Å²) in [6.07, 6.45) is 2.75. The average Bonchev–Trinajstić information content (AvgIpc) is 3.82. The van der Waals surface area contributed by atoms with Gasteiger partial charge in [0, 0.05) is 30.7 Å². The first-order chi connectivity index (χ1) is 21.1. The minimum atomic E-state index is -0.322. The lowest BCUT2D eigenvalue weighted by atomic mass is 9.91. The minimum absolute atomic E-state index is 0.113. The average molecular weight is 639 g/mol. The van der Waals surface area contributed by atoms with Crippen LogP contribution >= 0.6 is 23.2 Å². The Kier molecular flexibility index (Phi) is 10.4. The first kappa shape index (κ1) is 32.1. The summed E-state index contributed by atoms with van der Waals surface area (Å²) in [5.74, 6) is 0.674. The molecule has 2 unspecified atom stereocenters. The summed E-state index contributed by atoms with van der Waals surface area (Å²) in [6.45, 7) is 10.5. The van der Waals surface area contributed by atoms with Crippen molar-refractivity contribution < 1.29 is 19.1 Å². The Hall–Kier alpha value is -3.26. The molecule has 1 aliphatic heterocycles. The smallest absolute Gasteiger partial charge is 0.251 e. The van der Waals surface area contributed by atoms with Gasteiger partial charge in [0.15, 0.2) is 5.75 Å². The van der Waals surface area contributed by atoms with Gasteiger partial charge in [-0.2, -0.15) is 0 Å². The molecule has 0 aromatic heterocycles. The van der Waals surface area contributed by atoms with Crippen molar-refractivity contribution in [3.8, 4) is 11.5 Å². The molecule has 44 heavy (non-hydrogen) atoms. The highest BCUT2D eigenvalue weighted by molar-refractivity contribution is 6.37. The van der Waals surface area contributed by atoms with Gasteiger partial charge in [-0.3, -0.25) is 9.59 Å². The van der Waals surface area contributed by atoms with Gasteiger partial charge < -0.3 is 25.0 Å². The molecule has 9 heteroatoms. The van der Waals surface area contributed by atoms with Crippen molar-refractivity contribution in [1.29, 1.82) is 0 Å². The van der Waals surface area contributed by atoms with Crippen LogP contribution in [0.1, 0.15) is 57.4 Å². The summed E-state index contributed by atoms with van der Waals surface area (Å²) in [5, 5.41) is 7.49. The highest BCUT2D eigenvalue weighted by Crippen LogP contribution is 2.34. The molecule has 2 atom stereocenters. The van der Waals surface area contributed by atoms with E-state index in [1.54, 1.807) is 24.3 Å². The van der Waals surface area contributed by atoms with Crippen molar-refractivity contribution in [1.82, 2.24) is 15.5 Å². The largest absolute Gasteiger partial charge is 0.490 e. The van der Waals surface area contributed by atoms with Crippen molar-refractivity contribution in [3.63, 3.8) is 0 Å². The Bertz CT molecular complexity index is 1500. The molecule has 3 aromatic rings. The van der Waals surface area contributed by atoms with Gasteiger partial charge in [0.05, 0.1) is 16.0 Å². The monoisotopic (exact) mass is 637 g/mol.